The molecule has 0 fully saturated rings. The van der Waals surface area contributed by atoms with Crippen LogP contribution in [-0.2, 0) is 6.54 Å². The number of aromatic nitrogens is 2. The average molecular weight is 318 g/mol. The standard InChI is InChI=1S/C11H16ClN5O4/c12-5-9(14-15-13)17-10(20)2-4-16(11(17)21)3-1-8(6-18)7-19/h2,4,8-9,18-19H,1,3,5-7H2/t9-/m1/s1. The number of aliphatic hydroxyl groups is 2. The Labute approximate surface area is 124 Å². The molecule has 0 saturated carbocycles. The second kappa shape index (κ2) is 8.48. The summed E-state index contributed by atoms with van der Waals surface area (Å²) in [5.74, 6) is -0.558. The van der Waals surface area contributed by atoms with Crippen molar-refractivity contribution in [2.24, 2.45) is 11.0 Å². The molecule has 0 unspecified atom stereocenters. The van der Waals surface area contributed by atoms with Crippen molar-refractivity contribution in [1.82, 2.24) is 9.13 Å². The summed E-state index contributed by atoms with van der Waals surface area (Å²) in [6.45, 7) is -0.196. The molecule has 116 valence electrons. The zero-order valence-corrected chi connectivity index (χ0v) is 11.9. The second-order valence-corrected chi connectivity index (χ2v) is 4.67. The Morgan fingerprint density at radius 2 is 2.05 bits per heavy atom. The van der Waals surface area contributed by atoms with E-state index in [2.05, 4.69) is 10.0 Å². The molecule has 9 nitrogen and oxygen atoms in total. The molecule has 1 aromatic heterocycles. The molecular formula is C11H16ClN5O4. The Morgan fingerprint density at radius 3 is 2.57 bits per heavy atom. The van der Waals surface area contributed by atoms with Gasteiger partial charge in [-0.05, 0) is 12.0 Å². The zero-order valence-electron chi connectivity index (χ0n) is 11.2. The minimum atomic E-state index is -1.10. The predicted octanol–water partition coefficient (Wildman–Crippen LogP) is 0.0486. The number of azide groups is 1. The van der Waals surface area contributed by atoms with Crippen molar-refractivity contribution in [2.45, 2.75) is 19.1 Å². The molecule has 0 bridgehead atoms. The smallest absolute Gasteiger partial charge is 0.331 e. The van der Waals surface area contributed by atoms with Crippen molar-refractivity contribution in [2.75, 3.05) is 19.1 Å². The third-order valence-corrected chi connectivity index (χ3v) is 3.28. The monoisotopic (exact) mass is 317 g/mol. The van der Waals surface area contributed by atoms with E-state index in [4.69, 9.17) is 27.3 Å². The minimum absolute atomic E-state index is 0.200. The fourth-order valence-electron chi connectivity index (χ4n) is 1.75. The molecule has 1 aromatic rings. The molecule has 0 aromatic carbocycles. The van der Waals surface area contributed by atoms with Crippen LogP contribution in [0.3, 0.4) is 0 Å². The van der Waals surface area contributed by atoms with Gasteiger partial charge in [0.2, 0.25) is 0 Å². The lowest BCUT2D eigenvalue weighted by atomic mass is 10.1. The topological polar surface area (TPSA) is 133 Å². The van der Waals surface area contributed by atoms with Crippen LogP contribution < -0.4 is 11.2 Å². The van der Waals surface area contributed by atoms with Crippen molar-refractivity contribution in [1.29, 1.82) is 0 Å². The second-order valence-electron chi connectivity index (χ2n) is 4.36. The van der Waals surface area contributed by atoms with Crippen LogP contribution >= 0.6 is 11.6 Å². The SMILES string of the molecule is [N-]=[N+]=N[C@@H](CCl)n1c(=O)ccn(CCC(CO)CO)c1=O. The normalized spacial score (nSPS) is 12.2. The van der Waals surface area contributed by atoms with E-state index in [0.29, 0.717) is 6.42 Å². The summed E-state index contributed by atoms with van der Waals surface area (Å²) >= 11 is 5.61. The minimum Gasteiger partial charge on any atom is -0.396 e. The third kappa shape index (κ3) is 4.33. The van der Waals surface area contributed by atoms with E-state index in [0.717, 1.165) is 4.57 Å². The molecule has 0 aliphatic heterocycles. The van der Waals surface area contributed by atoms with Gasteiger partial charge < -0.3 is 14.8 Å². The van der Waals surface area contributed by atoms with E-state index in [1.165, 1.54) is 16.8 Å². The summed E-state index contributed by atoms with van der Waals surface area (Å²) in [5, 5.41) is 21.3. The van der Waals surface area contributed by atoms with Crippen LogP contribution in [0.15, 0.2) is 27.0 Å². The van der Waals surface area contributed by atoms with E-state index < -0.39 is 17.4 Å². The first kappa shape index (κ1) is 17.3. The van der Waals surface area contributed by atoms with Crippen LogP contribution in [-0.4, -0.2) is 38.4 Å². The van der Waals surface area contributed by atoms with Gasteiger partial charge >= 0.3 is 5.69 Å². The molecule has 0 radical (unpaired) electrons. The Morgan fingerprint density at radius 1 is 1.38 bits per heavy atom. The van der Waals surface area contributed by atoms with Crippen molar-refractivity contribution >= 4 is 11.6 Å². The van der Waals surface area contributed by atoms with Gasteiger partial charge in [-0.25, -0.2) is 9.36 Å². The highest BCUT2D eigenvalue weighted by molar-refractivity contribution is 6.18. The number of alkyl halides is 1. The molecule has 0 amide bonds. The van der Waals surface area contributed by atoms with Crippen molar-refractivity contribution in [3.63, 3.8) is 0 Å². The quantitative estimate of drug-likeness (QED) is 0.303. The molecule has 2 N–H and O–H groups in total. The van der Waals surface area contributed by atoms with E-state index >= 15 is 0 Å². The fraction of sp³-hybridized carbons (Fsp3) is 0.636. The van der Waals surface area contributed by atoms with Crippen LogP contribution in [0.5, 0.6) is 0 Å². The van der Waals surface area contributed by atoms with Crippen LogP contribution in [0, 0.1) is 5.92 Å². The number of aliphatic hydroxyl groups excluding tert-OH is 2. The summed E-state index contributed by atoms with van der Waals surface area (Å²) in [6.07, 6.45) is 0.572. The number of hydrogen-bond donors (Lipinski definition) is 2. The summed E-state index contributed by atoms with van der Waals surface area (Å²) in [4.78, 5) is 26.5. The highest BCUT2D eigenvalue weighted by atomic mass is 35.5. The lowest BCUT2D eigenvalue weighted by Gasteiger charge is -2.15. The van der Waals surface area contributed by atoms with E-state index in [9.17, 15) is 9.59 Å². The van der Waals surface area contributed by atoms with E-state index in [-0.39, 0.29) is 31.6 Å². The summed E-state index contributed by atoms with van der Waals surface area (Å²) < 4.78 is 2.02. The number of aryl methyl sites for hydroxylation is 1. The summed E-state index contributed by atoms with van der Waals surface area (Å²) in [5.41, 5.74) is 7.17. The van der Waals surface area contributed by atoms with Gasteiger partial charge in [0.1, 0.15) is 6.17 Å². The molecular weight excluding hydrogens is 302 g/mol. The van der Waals surface area contributed by atoms with E-state index in [1.807, 2.05) is 0 Å². The summed E-state index contributed by atoms with van der Waals surface area (Å²) in [6, 6.07) is 1.17. The largest absolute Gasteiger partial charge is 0.396 e. The number of rotatable bonds is 8. The van der Waals surface area contributed by atoms with Crippen molar-refractivity contribution < 1.29 is 10.2 Å². The van der Waals surface area contributed by atoms with Crippen LogP contribution in [0.1, 0.15) is 12.6 Å². The Kier molecular flexibility index (Phi) is 6.97. The van der Waals surface area contributed by atoms with Crippen LogP contribution in [0.2, 0.25) is 0 Å². The highest BCUT2D eigenvalue weighted by Crippen LogP contribution is 2.06. The highest BCUT2D eigenvalue weighted by Gasteiger charge is 2.15. The zero-order chi connectivity index (χ0) is 15.8. The van der Waals surface area contributed by atoms with Gasteiger partial charge in [-0.1, -0.05) is 5.11 Å². The molecule has 0 spiro atoms. The van der Waals surface area contributed by atoms with Crippen molar-refractivity contribution in [3.8, 4) is 0 Å². The molecule has 0 saturated heterocycles. The third-order valence-electron chi connectivity index (χ3n) is 3.00. The van der Waals surface area contributed by atoms with Gasteiger partial charge in [0.25, 0.3) is 5.56 Å². The lowest BCUT2D eigenvalue weighted by Crippen LogP contribution is -2.41. The average Bonchev–Trinajstić information content (AvgIpc) is 2.49. The van der Waals surface area contributed by atoms with Gasteiger partial charge in [0.05, 0.1) is 0 Å². The number of halogens is 1. The van der Waals surface area contributed by atoms with Gasteiger partial charge in [-0.2, -0.15) is 0 Å². The van der Waals surface area contributed by atoms with Gasteiger partial charge in [-0.15, -0.1) is 11.6 Å². The number of nitrogens with zero attached hydrogens (tertiary/aromatic N) is 5. The molecule has 1 heterocycles. The van der Waals surface area contributed by atoms with Gasteiger partial charge in [0, 0.05) is 48.7 Å². The fourth-order valence-corrected chi connectivity index (χ4v) is 1.95. The molecule has 0 aliphatic rings. The first-order valence-electron chi connectivity index (χ1n) is 6.22. The van der Waals surface area contributed by atoms with Gasteiger partial charge in [0.15, 0.2) is 0 Å². The molecule has 10 heteroatoms. The lowest BCUT2D eigenvalue weighted by molar-refractivity contribution is 0.139. The maximum absolute atomic E-state index is 12.2. The molecule has 1 rings (SSSR count). The molecule has 1 atom stereocenters. The Balaban J connectivity index is 3.12. The Bertz CT molecular complexity index is 618. The Hall–Kier alpha value is -1.80. The number of hydrogen-bond acceptors (Lipinski definition) is 5. The van der Waals surface area contributed by atoms with Gasteiger partial charge in [-0.3, -0.25) is 4.79 Å². The first-order chi connectivity index (χ1) is 10.1. The predicted molar refractivity (Wildman–Crippen MR) is 76.1 cm³/mol. The molecule has 0 aliphatic carbocycles. The van der Waals surface area contributed by atoms with Crippen LogP contribution in [0.4, 0.5) is 0 Å². The first-order valence-corrected chi connectivity index (χ1v) is 6.76. The molecule has 21 heavy (non-hydrogen) atoms. The van der Waals surface area contributed by atoms with Crippen molar-refractivity contribution in [3.05, 3.63) is 43.5 Å². The maximum Gasteiger partial charge on any atom is 0.331 e. The maximum atomic E-state index is 12.2. The van der Waals surface area contributed by atoms with E-state index in [1.54, 1.807) is 0 Å². The summed E-state index contributed by atoms with van der Waals surface area (Å²) in [7, 11) is 0. The van der Waals surface area contributed by atoms with Crippen LogP contribution in [0.25, 0.3) is 10.4 Å².